The van der Waals surface area contributed by atoms with E-state index in [1.165, 1.54) is 5.56 Å². The molecule has 0 bridgehead atoms. The summed E-state index contributed by atoms with van der Waals surface area (Å²) in [4.78, 5) is 28.6. The van der Waals surface area contributed by atoms with Crippen LogP contribution in [0.1, 0.15) is 18.9 Å². The summed E-state index contributed by atoms with van der Waals surface area (Å²) in [5.74, 6) is 0.428. The van der Waals surface area contributed by atoms with E-state index in [0.717, 1.165) is 36.6 Å². The fourth-order valence-electron chi connectivity index (χ4n) is 3.29. The molecule has 1 fully saturated rings. The fraction of sp³-hybridized carbons (Fsp3) is 0.364. The number of benzene rings is 2. The SMILES string of the molecule is CCc1ccc(NC(=O)CC(=O)N2CCN(c3ccc(OC)cc3)CC2)cc1. The molecule has 2 amide bonds. The minimum Gasteiger partial charge on any atom is -0.497 e. The van der Waals surface area contributed by atoms with Gasteiger partial charge >= 0.3 is 0 Å². The number of carbonyl (C=O) groups excluding carboxylic acids is 2. The number of carbonyl (C=O) groups is 2. The van der Waals surface area contributed by atoms with Crippen molar-refractivity contribution in [3.63, 3.8) is 0 Å². The van der Waals surface area contributed by atoms with Crippen molar-refractivity contribution in [1.82, 2.24) is 4.90 Å². The van der Waals surface area contributed by atoms with Crippen LogP contribution < -0.4 is 15.0 Å². The molecular formula is C22H27N3O3. The van der Waals surface area contributed by atoms with E-state index in [0.29, 0.717) is 13.1 Å². The molecule has 0 atom stereocenters. The molecular weight excluding hydrogens is 354 g/mol. The lowest BCUT2D eigenvalue weighted by Gasteiger charge is -2.36. The van der Waals surface area contributed by atoms with Crippen LogP contribution >= 0.6 is 0 Å². The molecule has 0 radical (unpaired) electrons. The van der Waals surface area contributed by atoms with E-state index in [9.17, 15) is 9.59 Å². The van der Waals surface area contributed by atoms with E-state index in [4.69, 9.17) is 4.74 Å². The van der Waals surface area contributed by atoms with Crippen LogP contribution in [-0.2, 0) is 16.0 Å². The third kappa shape index (κ3) is 5.03. The van der Waals surface area contributed by atoms with Gasteiger partial charge in [-0.3, -0.25) is 9.59 Å². The molecule has 1 aliphatic heterocycles. The van der Waals surface area contributed by atoms with Crippen LogP contribution in [0.5, 0.6) is 5.75 Å². The predicted octanol–water partition coefficient (Wildman–Crippen LogP) is 2.94. The number of nitrogens with zero attached hydrogens (tertiary/aromatic N) is 2. The van der Waals surface area contributed by atoms with Crippen LogP contribution in [0.15, 0.2) is 48.5 Å². The van der Waals surface area contributed by atoms with Crippen molar-refractivity contribution >= 4 is 23.2 Å². The summed E-state index contributed by atoms with van der Waals surface area (Å²) in [5, 5.41) is 2.80. The molecule has 28 heavy (non-hydrogen) atoms. The first-order valence-electron chi connectivity index (χ1n) is 9.64. The molecule has 0 aromatic heterocycles. The quantitative estimate of drug-likeness (QED) is 0.782. The molecule has 0 spiro atoms. The Kier molecular flexibility index (Phi) is 6.53. The lowest BCUT2D eigenvalue weighted by atomic mass is 10.1. The van der Waals surface area contributed by atoms with E-state index < -0.39 is 0 Å². The molecule has 2 aromatic carbocycles. The first-order valence-corrected chi connectivity index (χ1v) is 9.64. The maximum Gasteiger partial charge on any atom is 0.233 e. The van der Waals surface area contributed by atoms with Gasteiger partial charge in [0.1, 0.15) is 12.2 Å². The van der Waals surface area contributed by atoms with E-state index in [1.54, 1.807) is 12.0 Å². The smallest absolute Gasteiger partial charge is 0.233 e. The largest absolute Gasteiger partial charge is 0.497 e. The normalized spacial score (nSPS) is 13.9. The number of ether oxygens (including phenoxy) is 1. The number of piperazine rings is 1. The highest BCUT2D eigenvalue weighted by Crippen LogP contribution is 2.20. The molecule has 6 heteroatoms. The van der Waals surface area contributed by atoms with Crippen molar-refractivity contribution in [3.8, 4) is 5.75 Å². The van der Waals surface area contributed by atoms with Crippen molar-refractivity contribution in [2.45, 2.75) is 19.8 Å². The van der Waals surface area contributed by atoms with Gasteiger partial charge in [-0.05, 0) is 48.4 Å². The Bertz CT molecular complexity index is 795. The molecule has 0 saturated carbocycles. The first-order chi connectivity index (χ1) is 13.6. The summed E-state index contributed by atoms with van der Waals surface area (Å²) in [6, 6.07) is 15.6. The van der Waals surface area contributed by atoms with E-state index in [-0.39, 0.29) is 18.2 Å². The highest BCUT2D eigenvalue weighted by Gasteiger charge is 2.23. The van der Waals surface area contributed by atoms with Crippen LogP contribution in [0.3, 0.4) is 0 Å². The molecule has 6 nitrogen and oxygen atoms in total. The molecule has 0 aliphatic carbocycles. The Morgan fingerprint density at radius 1 is 0.964 bits per heavy atom. The van der Waals surface area contributed by atoms with Crippen LogP contribution in [0, 0.1) is 0 Å². The number of methoxy groups -OCH3 is 1. The highest BCUT2D eigenvalue weighted by molar-refractivity contribution is 6.03. The maximum atomic E-state index is 12.5. The molecule has 0 unspecified atom stereocenters. The Hall–Kier alpha value is -3.02. The van der Waals surface area contributed by atoms with Crippen molar-refractivity contribution in [1.29, 1.82) is 0 Å². The van der Waals surface area contributed by atoms with Gasteiger partial charge in [-0.25, -0.2) is 0 Å². The summed E-state index contributed by atoms with van der Waals surface area (Å²) >= 11 is 0. The number of hydrogen-bond acceptors (Lipinski definition) is 4. The van der Waals surface area contributed by atoms with E-state index in [1.807, 2.05) is 48.5 Å². The zero-order valence-electron chi connectivity index (χ0n) is 16.5. The van der Waals surface area contributed by atoms with Gasteiger partial charge in [-0.1, -0.05) is 19.1 Å². The first kappa shape index (κ1) is 19.7. The van der Waals surface area contributed by atoms with E-state index in [2.05, 4.69) is 17.1 Å². The van der Waals surface area contributed by atoms with Gasteiger partial charge in [0, 0.05) is 37.6 Å². The summed E-state index contributed by atoms with van der Waals surface area (Å²) in [5.41, 5.74) is 3.05. The molecule has 2 aromatic rings. The number of hydrogen-bond donors (Lipinski definition) is 1. The zero-order chi connectivity index (χ0) is 19.9. The van der Waals surface area contributed by atoms with Gasteiger partial charge in [0.2, 0.25) is 11.8 Å². The molecule has 1 aliphatic rings. The van der Waals surface area contributed by atoms with Gasteiger partial charge < -0.3 is 19.9 Å². The Labute approximate surface area is 166 Å². The van der Waals surface area contributed by atoms with E-state index >= 15 is 0 Å². The van der Waals surface area contributed by atoms with Crippen LogP contribution in [0.4, 0.5) is 11.4 Å². The van der Waals surface area contributed by atoms with Gasteiger partial charge in [0.25, 0.3) is 0 Å². The standard InChI is InChI=1S/C22H27N3O3/c1-3-17-4-6-18(7-5-17)23-21(26)16-22(27)25-14-12-24(13-15-25)19-8-10-20(28-2)11-9-19/h4-11H,3,12-16H2,1-2H3,(H,23,26). The summed E-state index contributed by atoms with van der Waals surface area (Å²) < 4.78 is 5.19. The third-order valence-electron chi connectivity index (χ3n) is 5.03. The molecule has 3 rings (SSSR count). The van der Waals surface area contributed by atoms with Crippen LogP contribution in [0.25, 0.3) is 0 Å². The number of amides is 2. The molecule has 1 N–H and O–H groups in total. The topological polar surface area (TPSA) is 61.9 Å². The fourth-order valence-corrected chi connectivity index (χ4v) is 3.29. The second-order valence-corrected chi connectivity index (χ2v) is 6.84. The van der Waals surface area contributed by atoms with Gasteiger partial charge in [-0.15, -0.1) is 0 Å². The lowest BCUT2D eigenvalue weighted by Crippen LogP contribution is -2.49. The van der Waals surface area contributed by atoms with Crippen LogP contribution in [0.2, 0.25) is 0 Å². The Morgan fingerprint density at radius 2 is 1.61 bits per heavy atom. The maximum absolute atomic E-state index is 12.5. The van der Waals surface area contributed by atoms with Crippen molar-refractivity contribution < 1.29 is 14.3 Å². The van der Waals surface area contributed by atoms with Crippen molar-refractivity contribution in [2.24, 2.45) is 0 Å². The Morgan fingerprint density at radius 3 is 2.18 bits per heavy atom. The van der Waals surface area contributed by atoms with Gasteiger partial charge in [0.15, 0.2) is 0 Å². The third-order valence-corrected chi connectivity index (χ3v) is 5.03. The number of anilines is 2. The minimum absolute atomic E-state index is 0.127. The number of rotatable bonds is 6. The molecule has 1 saturated heterocycles. The summed E-state index contributed by atoms with van der Waals surface area (Å²) in [7, 11) is 1.65. The van der Waals surface area contributed by atoms with Gasteiger partial charge in [0.05, 0.1) is 7.11 Å². The summed E-state index contributed by atoms with van der Waals surface area (Å²) in [6.45, 7) is 4.81. The van der Waals surface area contributed by atoms with Crippen molar-refractivity contribution in [2.75, 3.05) is 43.5 Å². The average Bonchev–Trinajstić information content (AvgIpc) is 2.74. The highest BCUT2D eigenvalue weighted by atomic mass is 16.5. The lowest BCUT2D eigenvalue weighted by molar-refractivity contribution is -0.134. The zero-order valence-corrected chi connectivity index (χ0v) is 16.5. The average molecular weight is 381 g/mol. The molecule has 1 heterocycles. The molecule has 148 valence electrons. The second-order valence-electron chi connectivity index (χ2n) is 6.84. The Balaban J connectivity index is 1.46. The second kappa shape index (κ2) is 9.26. The monoisotopic (exact) mass is 381 g/mol. The van der Waals surface area contributed by atoms with Gasteiger partial charge in [-0.2, -0.15) is 0 Å². The predicted molar refractivity (Wildman–Crippen MR) is 111 cm³/mol. The minimum atomic E-state index is -0.271. The van der Waals surface area contributed by atoms with Crippen LogP contribution in [-0.4, -0.2) is 50.0 Å². The summed E-state index contributed by atoms with van der Waals surface area (Å²) in [6.07, 6.45) is 0.827. The van der Waals surface area contributed by atoms with Crippen molar-refractivity contribution in [3.05, 3.63) is 54.1 Å². The number of aryl methyl sites for hydroxylation is 1. The number of nitrogens with one attached hydrogen (secondary N) is 1.